The molecule has 0 saturated heterocycles. The number of hydrazine groups is 1. The first-order chi connectivity index (χ1) is 9.79. The minimum atomic E-state index is -0.0835. The monoisotopic (exact) mass is 282 g/mol. The number of hydrogen-bond donors (Lipinski definition) is 2. The highest BCUT2D eigenvalue weighted by Crippen LogP contribution is 2.29. The highest BCUT2D eigenvalue weighted by molar-refractivity contribution is 6.30. The highest BCUT2D eigenvalue weighted by Gasteiger charge is 2.15. The Hall–Kier alpha value is -1.87. The van der Waals surface area contributed by atoms with Gasteiger partial charge in [0.1, 0.15) is 0 Å². The van der Waals surface area contributed by atoms with E-state index in [2.05, 4.69) is 29.7 Å². The third-order valence-corrected chi connectivity index (χ3v) is 3.72. The summed E-state index contributed by atoms with van der Waals surface area (Å²) < 4.78 is 0. The molecule has 0 radical (unpaired) electrons. The standard InChI is InChI=1S/C17H15ClN2/c18-14-8-3-7-13(11-14)17(20-19)16-10-4-6-12-5-1-2-9-15(12)16/h1-11,17,20H,19H2. The Labute approximate surface area is 123 Å². The lowest BCUT2D eigenvalue weighted by Gasteiger charge is -2.19. The van der Waals surface area contributed by atoms with Crippen molar-refractivity contribution in [1.29, 1.82) is 0 Å². The van der Waals surface area contributed by atoms with Crippen LogP contribution in [0.25, 0.3) is 10.8 Å². The van der Waals surface area contributed by atoms with Crippen LogP contribution in [0.4, 0.5) is 0 Å². The maximum Gasteiger partial charge on any atom is 0.0716 e. The van der Waals surface area contributed by atoms with Gasteiger partial charge in [0.05, 0.1) is 6.04 Å². The molecule has 20 heavy (non-hydrogen) atoms. The van der Waals surface area contributed by atoms with Gasteiger partial charge >= 0.3 is 0 Å². The zero-order valence-electron chi connectivity index (χ0n) is 10.9. The molecular weight excluding hydrogens is 268 g/mol. The minimum absolute atomic E-state index is 0.0835. The fourth-order valence-electron chi connectivity index (χ4n) is 2.55. The van der Waals surface area contributed by atoms with Crippen LogP contribution >= 0.6 is 11.6 Å². The lowest BCUT2D eigenvalue weighted by molar-refractivity contribution is 0.641. The molecular formula is C17H15ClN2. The van der Waals surface area contributed by atoms with E-state index in [1.165, 1.54) is 10.8 Å². The van der Waals surface area contributed by atoms with Gasteiger partial charge in [-0.15, -0.1) is 0 Å². The summed E-state index contributed by atoms with van der Waals surface area (Å²) in [5, 5.41) is 3.10. The zero-order chi connectivity index (χ0) is 13.9. The summed E-state index contributed by atoms with van der Waals surface area (Å²) in [7, 11) is 0. The molecule has 3 aromatic rings. The van der Waals surface area contributed by atoms with Crippen molar-refractivity contribution in [2.24, 2.45) is 5.84 Å². The molecule has 1 unspecified atom stereocenters. The van der Waals surface area contributed by atoms with E-state index < -0.39 is 0 Å². The third-order valence-electron chi connectivity index (χ3n) is 3.48. The molecule has 3 heteroatoms. The van der Waals surface area contributed by atoms with Gasteiger partial charge in [-0.3, -0.25) is 5.84 Å². The second-order valence-corrected chi connectivity index (χ2v) is 5.16. The van der Waals surface area contributed by atoms with E-state index in [4.69, 9.17) is 17.4 Å². The number of nitrogens with one attached hydrogen (secondary N) is 1. The zero-order valence-corrected chi connectivity index (χ0v) is 11.6. The van der Waals surface area contributed by atoms with Crippen molar-refractivity contribution in [3.05, 3.63) is 82.9 Å². The van der Waals surface area contributed by atoms with Crippen LogP contribution in [0.3, 0.4) is 0 Å². The van der Waals surface area contributed by atoms with Gasteiger partial charge in [-0.1, -0.05) is 66.2 Å². The predicted molar refractivity (Wildman–Crippen MR) is 84.6 cm³/mol. The van der Waals surface area contributed by atoms with E-state index >= 15 is 0 Å². The molecule has 2 nitrogen and oxygen atoms in total. The van der Waals surface area contributed by atoms with Crippen LogP contribution < -0.4 is 11.3 Å². The normalized spacial score (nSPS) is 12.5. The third kappa shape index (κ3) is 2.41. The van der Waals surface area contributed by atoms with Gasteiger partial charge in [-0.2, -0.15) is 0 Å². The number of rotatable bonds is 3. The Morgan fingerprint density at radius 2 is 1.65 bits per heavy atom. The van der Waals surface area contributed by atoms with Gasteiger partial charge in [0.25, 0.3) is 0 Å². The molecule has 3 aromatic carbocycles. The lowest BCUT2D eigenvalue weighted by Crippen LogP contribution is -2.29. The van der Waals surface area contributed by atoms with Crippen molar-refractivity contribution in [1.82, 2.24) is 5.43 Å². The molecule has 0 aliphatic heterocycles. The molecule has 0 bridgehead atoms. The van der Waals surface area contributed by atoms with Gasteiger partial charge in [0.15, 0.2) is 0 Å². The van der Waals surface area contributed by atoms with Gasteiger partial charge in [0, 0.05) is 5.02 Å². The van der Waals surface area contributed by atoms with E-state index in [0.29, 0.717) is 5.02 Å². The molecule has 0 fully saturated rings. The second-order valence-electron chi connectivity index (χ2n) is 4.72. The average molecular weight is 283 g/mol. The van der Waals surface area contributed by atoms with Gasteiger partial charge < -0.3 is 0 Å². The van der Waals surface area contributed by atoms with Crippen molar-refractivity contribution in [2.45, 2.75) is 6.04 Å². The fraction of sp³-hybridized carbons (Fsp3) is 0.0588. The van der Waals surface area contributed by atoms with Gasteiger partial charge in [-0.25, -0.2) is 5.43 Å². The van der Waals surface area contributed by atoms with Crippen LogP contribution in [0, 0.1) is 0 Å². The molecule has 0 heterocycles. The van der Waals surface area contributed by atoms with E-state index in [1.54, 1.807) is 0 Å². The first-order valence-electron chi connectivity index (χ1n) is 6.49. The first kappa shape index (κ1) is 13.1. The summed E-state index contributed by atoms with van der Waals surface area (Å²) in [6, 6.07) is 22.2. The summed E-state index contributed by atoms with van der Waals surface area (Å²) in [5.74, 6) is 5.78. The number of halogens is 1. The largest absolute Gasteiger partial charge is 0.271 e. The average Bonchev–Trinajstić information content (AvgIpc) is 2.48. The Bertz CT molecular complexity index is 734. The molecule has 0 amide bonds. The van der Waals surface area contributed by atoms with Gasteiger partial charge in [-0.05, 0) is 34.0 Å². The summed E-state index contributed by atoms with van der Waals surface area (Å²) >= 11 is 6.08. The molecule has 0 aliphatic rings. The van der Waals surface area contributed by atoms with Gasteiger partial charge in [0.2, 0.25) is 0 Å². The Morgan fingerprint density at radius 1 is 0.900 bits per heavy atom. The number of benzene rings is 3. The number of nitrogens with two attached hydrogens (primary N) is 1. The fourth-order valence-corrected chi connectivity index (χ4v) is 2.75. The smallest absolute Gasteiger partial charge is 0.0716 e. The number of hydrogen-bond acceptors (Lipinski definition) is 2. The Balaban J connectivity index is 2.17. The summed E-state index contributed by atoms with van der Waals surface area (Å²) in [6.45, 7) is 0. The summed E-state index contributed by atoms with van der Waals surface area (Å²) in [6.07, 6.45) is 0. The minimum Gasteiger partial charge on any atom is -0.271 e. The quantitative estimate of drug-likeness (QED) is 0.562. The second kappa shape index (κ2) is 5.63. The van der Waals surface area contributed by atoms with Crippen LogP contribution in [0.5, 0.6) is 0 Å². The van der Waals surface area contributed by atoms with Crippen LogP contribution in [-0.2, 0) is 0 Å². The molecule has 0 saturated carbocycles. The molecule has 1 atom stereocenters. The molecule has 0 aliphatic carbocycles. The lowest BCUT2D eigenvalue weighted by atomic mass is 9.94. The van der Waals surface area contributed by atoms with Crippen molar-refractivity contribution >= 4 is 22.4 Å². The maximum atomic E-state index is 6.08. The van der Waals surface area contributed by atoms with E-state index in [0.717, 1.165) is 11.1 Å². The molecule has 3 rings (SSSR count). The predicted octanol–water partition coefficient (Wildman–Crippen LogP) is 4.05. The van der Waals surface area contributed by atoms with Crippen LogP contribution in [-0.4, -0.2) is 0 Å². The van der Waals surface area contributed by atoms with Crippen molar-refractivity contribution in [3.63, 3.8) is 0 Å². The van der Waals surface area contributed by atoms with Crippen LogP contribution in [0.1, 0.15) is 17.2 Å². The SMILES string of the molecule is NNC(c1cccc(Cl)c1)c1cccc2ccccc12. The van der Waals surface area contributed by atoms with Crippen LogP contribution in [0.2, 0.25) is 5.02 Å². The van der Waals surface area contributed by atoms with E-state index in [9.17, 15) is 0 Å². The molecule has 0 aromatic heterocycles. The molecule has 3 N–H and O–H groups in total. The molecule has 0 spiro atoms. The van der Waals surface area contributed by atoms with E-state index in [-0.39, 0.29) is 6.04 Å². The summed E-state index contributed by atoms with van der Waals surface area (Å²) in [5.41, 5.74) is 5.09. The Kier molecular flexibility index (Phi) is 3.70. The first-order valence-corrected chi connectivity index (χ1v) is 6.86. The van der Waals surface area contributed by atoms with Crippen LogP contribution in [0.15, 0.2) is 66.7 Å². The van der Waals surface area contributed by atoms with Crippen molar-refractivity contribution in [3.8, 4) is 0 Å². The highest BCUT2D eigenvalue weighted by atomic mass is 35.5. The van der Waals surface area contributed by atoms with Crippen molar-refractivity contribution < 1.29 is 0 Å². The van der Waals surface area contributed by atoms with Crippen molar-refractivity contribution in [2.75, 3.05) is 0 Å². The molecule has 100 valence electrons. The maximum absolute atomic E-state index is 6.08. The van der Waals surface area contributed by atoms with E-state index in [1.807, 2.05) is 42.5 Å². The topological polar surface area (TPSA) is 38.0 Å². The summed E-state index contributed by atoms with van der Waals surface area (Å²) in [4.78, 5) is 0. The Morgan fingerprint density at radius 3 is 2.45 bits per heavy atom. The number of fused-ring (bicyclic) bond motifs is 1.